The minimum Gasteiger partial charge on any atom is -0.355 e. The van der Waals surface area contributed by atoms with E-state index in [1.165, 1.54) is 15.4 Å². The fourth-order valence-electron chi connectivity index (χ4n) is 2.96. The Morgan fingerprint density at radius 3 is 2.44 bits per heavy atom. The fourth-order valence-corrected chi connectivity index (χ4v) is 3.87. The third-order valence-electron chi connectivity index (χ3n) is 4.58. The van der Waals surface area contributed by atoms with Crippen LogP contribution in [-0.4, -0.2) is 33.7 Å². The predicted octanol–water partition coefficient (Wildman–Crippen LogP) is 3.13. The lowest BCUT2D eigenvalue weighted by Crippen LogP contribution is -2.41. The van der Waals surface area contributed by atoms with Crippen LogP contribution in [0.15, 0.2) is 42.5 Å². The van der Waals surface area contributed by atoms with E-state index in [4.69, 9.17) is 0 Å². The number of nitrogens with one attached hydrogen (secondary N) is 1. The molecule has 1 N–H and O–H groups in total. The number of nitrogens with zero attached hydrogens (tertiary/aromatic N) is 1. The van der Waals surface area contributed by atoms with E-state index in [2.05, 4.69) is 30.4 Å². The summed E-state index contributed by atoms with van der Waals surface area (Å²) in [6, 6.07) is 13.7. The molecule has 27 heavy (non-hydrogen) atoms. The highest BCUT2D eigenvalue weighted by molar-refractivity contribution is 7.92. The Kier molecular flexibility index (Phi) is 7.02. The number of hydrogen-bond acceptors (Lipinski definition) is 3. The van der Waals surface area contributed by atoms with Gasteiger partial charge in [-0.1, -0.05) is 42.0 Å². The predicted molar refractivity (Wildman–Crippen MR) is 111 cm³/mol. The van der Waals surface area contributed by atoms with Crippen LogP contribution in [0.5, 0.6) is 0 Å². The molecule has 0 aliphatic rings. The molecule has 6 heteroatoms. The van der Waals surface area contributed by atoms with Gasteiger partial charge in [0.25, 0.3) is 0 Å². The molecule has 0 aliphatic heterocycles. The molecule has 2 aromatic carbocycles. The van der Waals surface area contributed by atoms with E-state index >= 15 is 0 Å². The van der Waals surface area contributed by atoms with Crippen molar-refractivity contribution in [3.63, 3.8) is 0 Å². The molecule has 0 heterocycles. The maximum Gasteiger partial charge on any atom is 0.240 e. The molecule has 2 aromatic rings. The highest BCUT2D eigenvalue weighted by Crippen LogP contribution is 2.24. The van der Waals surface area contributed by atoms with Crippen LogP contribution in [-0.2, 0) is 21.2 Å². The molecule has 1 amide bonds. The normalized spacial score (nSPS) is 11.3. The molecule has 2 rings (SSSR count). The molecule has 0 atom stereocenters. The number of rotatable bonds is 8. The number of hydrogen-bond donors (Lipinski definition) is 1. The Morgan fingerprint density at radius 2 is 1.78 bits per heavy atom. The van der Waals surface area contributed by atoms with Crippen molar-refractivity contribution in [1.82, 2.24) is 5.32 Å². The molecule has 0 spiro atoms. The van der Waals surface area contributed by atoms with E-state index in [0.29, 0.717) is 12.2 Å². The van der Waals surface area contributed by atoms with Crippen LogP contribution in [0.4, 0.5) is 5.69 Å². The molecule has 0 unspecified atom stereocenters. The molecule has 0 aromatic heterocycles. The lowest BCUT2D eigenvalue weighted by Gasteiger charge is -2.24. The van der Waals surface area contributed by atoms with Crippen LogP contribution in [0, 0.1) is 20.8 Å². The Balaban J connectivity index is 1.95. The zero-order valence-corrected chi connectivity index (χ0v) is 17.3. The molecule has 0 aliphatic carbocycles. The summed E-state index contributed by atoms with van der Waals surface area (Å²) in [5.74, 6) is -0.300. The summed E-state index contributed by atoms with van der Waals surface area (Å²) in [5, 5.41) is 2.83. The highest BCUT2D eigenvalue weighted by Gasteiger charge is 2.22. The van der Waals surface area contributed by atoms with E-state index < -0.39 is 10.0 Å². The van der Waals surface area contributed by atoms with Crippen LogP contribution in [0.1, 0.15) is 28.7 Å². The standard InChI is InChI=1S/C21H28N2O3S/c1-16-8-5-10-19(14-16)11-7-13-22-21(24)15-23(27(4,25)26)20-12-6-9-17(2)18(20)3/h5-6,8-10,12,14H,7,11,13,15H2,1-4H3,(H,22,24). The molecule has 0 bridgehead atoms. The van der Waals surface area contributed by atoms with E-state index in [0.717, 1.165) is 30.2 Å². The van der Waals surface area contributed by atoms with Crippen molar-refractivity contribution in [2.75, 3.05) is 23.7 Å². The maximum atomic E-state index is 12.3. The van der Waals surface area contributed by atoms with Gasteiger partial charge in [0, 0.05) is 6.54 Å². The van der Waals surface area contributed by atoms with Crippen molar-refractivity contribution >= 4 is 21.6 Å². The smallest absolute Gasteiger partial charge is 0.240 e. The quantitative estimate of drug-likeness (QED) is 0.707. The summed E-state index contributed by atoms with van der Waals surface area (Å²) < 4.78 is 25.6. The van der Waals surface area contributed by atoms with Gasteiger partial charge in [-0.05, 0) is 56.4 Å². The topological polar surface area (TPSA) is 66.5 Å². The van der Waals surface area contributed by atoms with Gasteiger partial charge in [-0.15, -0.1) is 0 Å². The second-order valence-corrected chi connectivity index (χ2v) is 8.84. The molecule has 146 valence electrons. The summed E-state index contributed by atoms with van der Waals surface area (Å²) in [6.45, 7) is 6.14. The van der Waals surface area contributed by atoms with Gasteiger partial charge in [-0.2, -0.15) is 0 Å². The summed E-state index contributed by atoms with van der Waals surface area (Å²) >= 11 is 0. The van der Waals surface area contributed by atoms with E-state index in [1.54, 1.807) is 12.1 Å². The monoisotopic (exact) mass is 388 g/mol. The average Bonchev–Trinajstić information content (AvgIpc) is 2.58. The maximum absolute atomic E-state index is 12.3. The molecule has 0 saturated carbocycles. The van der Waals surface area contributed by atoms with E-state index in [-0.39, 0.29) is 12.5 Å². The molecule has 5 nitrogen and oxygen atoms in total. The molecular weight excluding hydrogens is 360 g/mol. The highest BCUT2D eigenvalue weighted by atomic mass is 32.2. The first-order chi connectivity index (χ1) is 12.7. The third kappa shape index (κ3) is 6.10. The largest absolute Gasteiger partial charge is 0.355 e. The minimum atomic E-state index is -3.56. The zero-order chi connectivity index (χ0) is 20.0. The van der Waals surface area contributed by atoms with Gasteiger partial charge in [-0.25, -0.2) is 8.42 Å². The van der Waals surface area contributed by atoms with Crippen LogP contribution < -0.4 is 9.62 Å². The number of amides is 1. The van der Waals surface area contributed by atoms with Gasteiger partial charge in [0.1, 0.15) is 6.54 Å². The van der Waals surface area contributed by atoms with Gasteiger partial charge in [-0.3, -0.25) is 9.10 Å². The van der Waals surface area contributed by atoms with Crippen molar-refractivity contribution < 1.29 is 13.2 Å². The van der Waals surface area contributed by atoms with Crippen LogP contribution in [0.3, 0.4) is 0 Å². The van der Waals surface area contributed by atoms with Gasteiger partial charge in [0.05, 0.1) is 11.9 Å². The van der Waals surface area contributed by atoms with Gasteiger partial charge >= 0.3 is 0 Å². The number of carbonyl (C=O) groups is 1. The first-order valence-electron chi connectivity index (χ1n) is 9.04. The Bertz CT molecular complexity index is 907. The lowest BCUT2D eigenvalue weighted by atomic mass is 10.1. The van der Waals surface area contributed by atoms with Crippen molar-refractivity contribution in [3.05, 3.63) is 64.7 Å². The van der Waals surface area contributed by atoms with Crippen molar-refractivity contribution in [3.8, 4) is 0 Å². The number of sulfonamides is 1. The SMILES string of the molecule is Cc1cccc(CCCNC(=O)CN(c2cccc(C)c2C)S(C)(=O)=O)c1. The molecule has 0 radical (unpaired) electrons. The van der Waals surface area contributed by atoms with E-state index in [9.17, 15) is 13.2 Å². The van der Waals surface area contributed by atoms with Crippen molar-refractivity contribution in [1.29, 1.82) is 0 Å². The van der Waals surface area contributed by atoms with Gasteiger partial charge in [0.15, 0.2) is 0 Å². The van der Waals surface area contributed by atoms with Gasteiger partial charge in [0.2, 0.25) is 15.9 Å². The molecular formula is C21H28N2O3S. The van der Waals surface area contributed by atoms with Crippen LogP contribution in [0.25, 0.3) is 0 Å². The fraction of sp³-hybridized carbons (Fsp3) is 0.381. The molecule has 0 saturated heterocycles. The number of benzene rings is 2. The number of aryl methyl sites for hydroxylation is 3. The van der Waals surface area contributed by atoms with Crippen LogP contribution in [0.2, 0.25) is 0 Å². The second kappa shape index (κ2) is 9.04. The number of carbonyl (C=O) groups excluding carboxylic acids is 1. The second-order valence-electron chi connectivity index (χ2n) is 6.93. The minimum absolute atomic E-state index is 0.215. The average molecular weight is 389 g/mol. The summed E-state index contributed by atoms with van der Waals surface area (Å²) in [4.78, 5) is 12.3. The first kappa shape index (κ1) is 21.0. The summed E-state index contributed by atoms with van der Waals surface area (Å²) in [6.07, 6.45) is 2.80. The molecule has 0 fully saturated rings. The van der Waals surface area contributed by atoms with Crippen molar-refractivity contribution in [2.45, 2.75) is 33.6 Å². The Labute approximate surface area is 162 Å². The Morgan fingerprint density at radius 1 is 1.07 bits per heavy atom. The number of anilines is 1. The first-order valence-corrected chi connectivity index (χ1v) is 10.9. The van der Waals surface area contributed by atoms with Crippen LogP contribution >= 0.6 is 0 Å². The Hall–Kier alpha value is -2.34. The van der Waals surface area contributed by atoms with Gasteiger partial charge < -0.3 is 5.32 Å². The van der Waals surface area contributed by atoms with E-state index in [1.807, 2.05) is 26.0 Å². The summed E-state index contributed by atoms with van der Waals surface area (Å²) in [5.41, 5.74) is 4.84. The summed E-state index contributed by atoms with van der Waals surface area (Å²) in [7, 11) is -3.56. The third-order valence-corrected chi connectivity index (χ3v) is 5.71. The lowest BCUT2D eigenvalue weighted by molar-refractivity contribution is -0.119. The zero-order valence-electron chi connectivity index (χ0n) is 16.5. The van der Waals surface area contributed by atoms with Crippen molar-refractivity contribution in [2.24, 2.45) is 0 Å².